The summed E-state index contributed by atoms with van der Waals surface area (Å²) in [6.45, 7) is 9.61. The molecule has 0 atom stereocenters. The number of hydrogen-bond donors (Lipinski definition) is 0. The highest BCUT2D eigenvalue weighted by Crippen LogP contribution is 2.51. The molecular formula is C37H69O4P. The summed E-state index contributed by atoms with van der Waals surface area (Å²) in [5.74, 6) is 0.657. The second-order valence-electron chi connectivity index (χ2n) is 12.5. The lowest BCUT2D eigenvalue weighted by atomic mass is 10.1. The molecule has 5 heteroatoms. The molecule has 0 aliphatic heterocycles. The van der Waals surface area contributed by atoms with Gasteiger partial charge in [0.15, 0.2) is 0 Å². The summed E-state index contributed by atoms with van der Waals surface area (Å²) in [6, 6.07) is 6.17. The van der Waals surface area contributed by atoms with Crippen LogP contribution in [0.1, 0.15) is 186 Å². The fourth-order valence-electron chi connectivity index (χ4n) is 5.42. The van der Waals surface area contributed by atoms with E-state index in [2.05, 4.69) is 32.9 Å². The molecule has 0 aliphatic carbocycles. The Morgan fingerprint density at radius 2 is 0.905 bits per heavy atom. The molecule has 0 spiro atoms. The smallest absolute Gasteiger partial charge is 0.404 e. The van der Waals surface area contributed by atoms with Crippen molar-refractivity contribution in [2.75, 3.05) is 13.2 Å². The summed E-state index contributed by atoms with van der Waals surface area (Å²) in [6.07, 6.45) is 31.1. The largest absolute Gasteiger partial charge is 0.530 e. The standard InChI is InChI=1S/C37H69O4P/c1-5-8-11-13-15-17-19-21-23-25-27-32-39-42(38,41-37-34-35(4)30-31-36(37)29-10-7-3)40-33-28-26-24-22-20-18-16-14-12-9-6-2/h30-31,34H,5-29,32-33H2,1-4H3. The molecule has 0 saturated carbocycles. The van der Waals surface area contributed by atoms with E-state index in [4.69, 9.17) is 13.6 Å². The van der Waals surface area contributed by atoms with Crippen molar-refractivity contribution in [2.24, 2.45) is 0 Å². The SMILES string of the molecule is CCCCCCCCCCCCCOP(=O)(OCCCCCCCCCCCCC)Oc1cc(C)ccc1CCCC. The fourth-order valence-corrected chi connectivity index (χ4v) is 6.71. The van der Waals surface area contributed by atoms with Crippen molar-refractivity contribution >= 4 is 7.82 Å². The topological polar surface area (TPSA) is 44.8 Å². The van der Waals surface area contributed by atoms with E-state index in [9.17, 15) is 4.57 Å². The van der Waals surface area contributed by atoms with Crippen LogP contribution in [0.4, 0.5) is 0 Å². The number of aryl methyl sites for hydroxylation is 2. The molecule has 1 aromatic rings. The van der Waals surface area contributed by atoms with Gasteiger partial charge in [-0.15, -0.1) is 0 Å². The predicted molar refractivity (Wildman–Crippen MR) is 183 cm³/mol. The van der Waals surface area contributed by atoms with Crippen LogP contribution >= 0.6 is 7.82 Å². The predicted octanol–water partition coefficient (Wildman–Crippen LogP) is 13.5. The van der Waals surface area contributed by atoms with Gasteiger partial charge in [-0.1, -0.05) is 168 Å². The average molecular weight is 609 g/mol. The highest BCUT2D eigenvalue weighted by molar-refractivity contribution is 7.48. The molecule has 0 aliphatic rings. The Bertz CT molecular complexity index is 749. The summed E-state index contributed by atoms with van der Waals surface area (Å²) in [5, 5.41) is 0. The molecule has 0 radical (unpaired) electrons. The highest BCUT2D eigenvalue weighted by Gasteiger charge is 2.29. The molecule has 0 saturated heterocycles. The van der Waals surface area contributed by atoms with Crippen LogP contribution in [-0.2, 0) is 20.0 Å². The summed E-state index contributed by atoms with van der Waals surface area (Å²) in [4.78, 5) is 0. The lowest BCUT2D eigenvalue weighted by Crippen LogP contribution is -2.07. The van der Waals surface area contributed by atoms with Crippen LogP contribution in [0.2, 0.25) is 0 Å². The number of rotatable bonds is 31. The van der Waals surface area contributed by atoms with E-state index in [1.807, 2.05) is 13.0 Å². The van der Waals surface area contributed by atoms with Crippen molar-refractivity contribution in [3.63, 3.8) is 0 Å². The van der Waals surface area contributed by atoms with Crippen LogP contribution in [0.25, 0.3) is 0 Å². The number of unbranched alkanes of at least 4 members (excludes halogenated alkanes) is 21. The third-order valence-corrected chi connectivity index (χ3v) is 9.64. The van der Waals surface area contributed by atoms with Gasteiger partial charge in [-0.2, -0.15) is 0 Å². The number of benzene rings is 1. The number of phosphoric acid groups is 1. The fraction of sp³-hybridized carbons (Fsp3) is 0.838. The Balaban J connectivity index is 2.44. The van der Waals surface area contributed by atoms with E-state index in [0.29, 0.717) is 19.0 Å². The third-order valence-electron chi connectivity index (χ3n) is 8.23. The van der Waals surface area contributed by atoms with E-state index in [1.54, 1.807) is 0 Å². The maximum absolute atomic E-state index is 13.8. The van der Waals surface area contributed by atoms with Crippen LogP contribution in [-0.4, -0.2) is 13.2 Å². The summed E-state index contributed by atoms with van der Waals surface area (Å²) in [7, 11) is -3.68. The average Bonchev–Trinajstić information content (AvgIpc) is 2.98. The van der Waals surface area contributed by atoms with Crippen molar-refractivity contribution in [2.45, 2.75) is 188 Å². The third kappa shape index (κ3) is 21.8. The van der Waals surface area contributed by atoms with Gasteiger partial charge >= 0.3 is 7.82 Å². The zero-order valence-corrected chi connectivity index (χ0v) is 29.3. The molecule has 0 heterocycles. The zero-order valence-electron chi connectivity index (χ0n) is 28.4. The minimum absolute atomic E-state index is 0.419. The van der Waals surface area contributed by atoms with Crippen molar-refractivity contribution in [3.05, 3.63) is 29.3 Å². The minimum Gasteiger partial charge on any atom is -0.404 e. The molecule has 42 heavy (non-hydrogen) atoms. The molecule has 0 aromatic heterocycles. The second kappa shape index (κ2) is 27.7. The van der Waals surface area contributed by atoms with Crippen LogP contribution in [0.3, 0.4) is 0 Å². The molecule has 0 unspecified atom stereocenters. The lowest BCUT2D eigenvalue weighted by molar-refractivity contribution is 0.150. The quantitative estimate of drug-likeness (QED) is 0.0621. The van der Waals surface area contributed by atoms with E-state index in [-0.39, 0.29) is 0 Å². The van der Waals surface area contributed by atoms with Crippen LogP contribution in [0, 0.1) is 6.92 Å². The van der Waals surface area contributed by atoms with Crippen molar-refractivity contribution < 1.29 is 18.1 Å². The monoisotopic (exact) mass is 608 g/mol. The number of phosphoric ester groups is 1. The Hall–Kier alpha value is -0.830. The first-order chi connectivity index (χ1) is 20.5. The molecule has 1 aromatic carbocycles. The van der Waals surface area contributed by atoms with Crippen molar-refractivity contribution in [3.8, 4) is 5.75 Å². The zero-order chi connectivity index (χ0) is 30.6. The van der Waals surface area contributed by atoms with Gasteiger partial charge in [0.05, 0.1) is 13.2 Å². The van der Waals surface area contributed by atoms with Gasteiger partial charge in [-0.05, 0) is 49.8 Å². The molecule has 0 fully saturated rings. The summed E-state index contributed by atoms with van der Waals surface area (Å²) in [5.41, 5.74) is 2.17. The maximum Gasteiger partial charge on any atom is 0.530 e. The second-order valence-corrected chi connectivity index (χ2v) is 14.1. The first-order valence-corrected chi connectivity index (χ1v) is 19.7. The first-order valence-electron chi connectivity index (χ1n) is 18.2. The molecular weight excluding hydrogens is 539 g/mol. The van der Waals surface area contributed by atoms with Gasteiger partial charge < -0.3 is 4.52 Å². The van der Waals surface area contributed by atoms with Gasteiger partial charge in [-0.3, -0.25) is 9.05 Å². The molecule has 0 N–H and O–H groups in total. The van der Waals surface area contributed by atoms with Gasteiger partial charge in [0.25, 0.3) is 0 Å². The Morgan fingerprint density at radius 3 is 1.31 bits per heavy atom. The van der Waals surface area contributed by atoms with Gasteiger partial charge in [-0.25, -0.2) is 4.57 Å². The molecule has 0 bridgehead atoms. The first kappa shape index (κ1) is 39.2. The lowest BCUT2D eigenvalue weighted by Gasteiger charge is -2.21. The van der Waals surface area contributed by atoms with E-state index in [0.717, 1.165) is 56.1 Å². The van der Waals surface area contributed by atoms with Gasteiger partial charge in [0.1, 0.15) is 5.75 Å². The Kier molecular flexibility index (Phi) is 25.8. The summed E-state index contributed by atoms with van der Waals surface area (Å²) >= 11 is 0. The number of hydrogen-bond acceptors (Lipinski definition) is 4. The van der Waals surface area contributed by atoms with Crippen molar-refractivity contribution in [1.29, 1.82) is 0 Å². The van der Waals surface area contributed by atoms with Gasteiger partial charge in [0.2, 0.25) is 0 Å². The maximum atomic E-state index is 13.8. The molecule has 4 nitrogen and oxygen atoms in total. The normalized spacial score (nSPS) is 11.8. The highest BCUT2D eigenvalue weighted by atomic mass is 31.2. The molecule has 246 valence electrons. The minimum atomic E-state index is -3.68. The molecule has 1 rings (SSSR count). The van der Waals surface area contributed by atoms with Crippen LogP contribution < -0.4 is 4.52 Å². The Morgan fingerprint density at radius 1 is 0.524 bits per heavy atom. The van der Waals surface area contributed by atoms with Crippen LogP contribution in [0.5, 0.6) is 5.75 Å². The van der Waals surface area contributed by atoms with Crippen LogP contribution in [0.15, 0.2) is 18.2 Å². The van der Waals surface area contributed by atoms with E-state index >= 15 is 0 Å². The van der Waals surface area contributed by atoms with Gasteiger partial charge in [0, 0.05) is 0 Å². The summed E-state index contributed by atoms with van der Waals surface area (Å²) < 4.78 is 31.8. The van der Waals surface area contributed by atoms with E-state index in [1.165, 1.54) is 116 Å². The van der Waals surface area contributed by atoms with Crippen molar-refractivity contribution in [1.82, 2.24) is 0 Å². The molecule has 0 amide bonds. The van der Waals surface area contributed by atoms with E-state index < -0.39 is 7.82 Å². The Labute approximate surface area is 262 Å².